The summed E-state index contributed by atoms with van der Waals surface area (Å²) in [7, 11) is 0. The van der Waals surface area contributed by atoms with Crippen molar-refractivity contribution in [2.24, 2.45) is 0 Å². The van der Waals surface area contributed by atoms with Crippen LogP contribution in [0.3, 0.4) is 0 Å². The number of nitrogens with zero attached hydrogens (tertiary/aromatic N) is 4. The third-order valence-corrected chi connectivity index (χ3v) is 3.84. The molecule has 0 saturated carbocycles. The van der Waals surface area contributed by atoms with Crippen molar-refractivity contribution in [3.8, 4) is 23.0 Å². The first-order valence-corrected chi connectivity index (χ1v) is 7.73. The first-order chi connectivity index (χ1) is 11.8. The van der Waals surface area contributed by atoms with Crippen LogP contribution in [0.2, 0.25) is 0 Å². The second-order valence-electron chi connectivity index (χ2n) is 5.45. The highest BCUT2D eigenvalue weighted by Crippen LogP contribution is 2.27. The van der Waals surface area contributed by atoms with E-state index < -0.39 is 0 Å². The molecular weight excluding hydrogens is 304 g/mol. The molecule has 0 bridgehead atoms. The molecule has 4 rings (SSSR count). The standard InChI is InChI=1S/C17H16N6O.2H2/c18-15-14(21-13(10-20-15)11-6-8-19-9-7-11)17-23-22-16(24-17)12-4-2-1-3-5-12;;/h1-6,10,19H,7-9H2,(H2,18,20);2*1H. The Hall–Kier alpha value is -3.06. The quantitative estimate of drug-likeness (QED) is 0.763. The molecule has 0 aliphatic carbocycles. The first kappa shape index (κ1) is 14.5. The Bertz CT molecular complexity index is 897. The van der Waals surface area contributed by atoms with Crippen molar-refractivity contribution in [3.63, 3.8) is 0 Å². The lowest BCUT2D eigenvalue weighted by molar-refractivity contribution is 0.582. The summed E-state index contributed by atoms with van der Waals surface area (Å²) in [5.41, 5.74) is 9.17. The van der Waals surface area contributed by atoms with Crippen molar-refractivity contribution in [3.05, 3.63) is 48.3 Å². The fraction of sp³-hybridized carbons (Fsp3) is 0.176. The monoisotopic (exact) mass is 324 g/mol. The third-order valence-electron chi connectivity index (χ3n) is 3.84. The molecule has 3 N–H and O–H groups in total. The lowest BCUT2D eigenvalue weighted by atomic mass is 10.1. The molecule has 0 unspecified atom stereocenters. The molecule has 0 atom stereocenters. The molecule has 24 heavy (non-hydrogen) atoms. The zero-order chi connectivity index (χ0) is 16.4. The largest absolute Gasteiger partial charge is 0.414 e. The lowest BCUT2D eigenvalue weighted by Crippen LogP contribution is -2.20. The number of nitrogens with one attached hydrogen (secondary N) is 1. The first-order valence-electron chi connectivity index (χ1n) is 7.73. The van der Waals surface area contributed by atoms with Crippen LogP contribution in [-0.2, 0) is 0 Å². The number of nitrogens with two attached hydrogens (primary N) is 1. The van der Waals surface area contributed by atoms with E-state index in [4.69, 9.17) is 10.2 Å². The number of benzene rings is 1. The molecule has 0 spiro atoms. The summed E-state index contributed by atoms with van der Waals surface area (Å²) in [4.78, 5) is 8.83. The van der Waals surface area contributed by atoms with E-state index in [0.29, 0.717) is 11.6 Å². The second kappa shape index (κ2) is 6.21. The molecule has 124 valence electrons. The van der Waals surface area contributed by atoms with E-state index in [-0.39, 0.29) is 14.6 Å². The summed E-state index contributed by atoms with van der Waals surface area (Å²) in [5, 5.41) is 11.4. The molecule has 2 aromatic heterocycles. The summed E-state index contributed by atoms with van der Waals surface area (Å²) in [6, 6.07) is 9.57. The molecule has 1 aliphatic rings. The Morgan fingerprint density at radius 3 is 2.75 bits per heavy atom. The fourth-order valence-corrected chi connectivity index (χ4v) is 2.58. The van der Waals surface area contributed by atoms with E-state index in [1.165, 1.54) is 0 Å². The van der Waals surface area contributed by atoms with Crippen LogP contribution in [0, 0.1) is 0 Å². The predicted molar refractivity (Wildman–Crippen MR) is 94.9 cm³/mol. The van der Waals surface area contributed by atoms with Gasteiger partial charge in [0.2, 0.25) is 5.89 Å². The van der Waals surface area contributed by atoms with E-state index >= 15 is 0 Å². The minimum atomic E-state index is 0. The van der Waals surface area contributed by atoms with Crippen molar-refractivity contribution in [2.75, 3.05) is 18.8 Å². The molecule has 0 saturated heterocycles. The minimum Gasteiger partial charge on any atom is -0.414 e. The average Bonchev–Trinajstić information content (AvgIpc) is 3.13. The highest BCUT2D eigenvalue weighted by atomic mass is 16.4. The Labute approximate surface area is 141 Å². The van der Waals surface area contributed by atoms with E-state index in [1.807, 2.05) is 30.3 Å². The van der Waals surface area contributed by atoms with Gasteiger partial charge in [-0.25, -0.2) is 9.97 Å². The van der Waals surface area contributed by atoms with Crippen LogP contribution >= 0.6 is 0 Å². The van der Waals surface area contributed by atoms with Crippen molar-refractivity contribution in [1.29, 1.82) is 0 Å². The summed E-state index contributed by atoms with van der Waals surface area (Å²) < 4.78 is 5.74. The maximum atomic E-state index is 5.97. The third kappa shape index (κ3) is 2.77. The van der Waals surface area contributed by atoms with Crippen LogP contribution in [0.25, 0.3) is 28.6 Å². The molecule has 3 aromatic rings. The van der Waals surface area contributed by atoms with Crippen LogP contribution in [0.15, 0.2) is 47.0 Å². The number of anilines is 1. The van der Waals surface area contributed by atoms with Crippen LogP contribution in [0.1, 0.15) is 15.0 Å². The van der Waals surface area contributed by atoms with Crippen molar-refractivity contribution in [1.82, 2.24) is 25.5 Å². The second-order valence-corrected chi connectivity index (χ2v) is 5.45. The Morgan fingerprint density at radius 1 is 1.12 bits per heavy atom. The summed E-state index contributed by atoms with van der Waals surface area (Å²) >= 11 is 0. The Morgan fingerprint density at radius 2 is 1.96 bits per heavy atom. The van der Waals surface area contributed by atoms with Gasteiger partial charge in [0.05, 0.1) is 11.9 Å². The fourth-order valence-electron chi connectivity index (χ4n) is 2.58. The van der Waals surface area contributed by atoms with E-state index in [0.717, 1.165) is 36.3 Å². The van der Waals surface area contributed by atoms with Gasteiger partial charge < -0.3 is 15.5 Å². The van der Waals surface area contributed by atoms with Gasteiger partial charge in [0.25, 0.3) is 5.89 Å². The van der Waals surface area contributed by atoms with Gasteiger partial charge in [0, 0.05) is 15.0 Å². The van der Waals surface area contributed by atoms with Gasteiger partial charge >= 0.3 is 0 Å². The SMILES string of the molecule is Nc1ncc(C2=CCNCC2)nc1-c1nnc(-c2ccccc2)o1.[HH].[HH]. The topological polar surface area (TPSA) is 103 Å². The maximum Gasteiger partial charge on any atom is 0.270 e. The molecule has 0 radical (unpaired) electrons. The number of aromatic nitrogens is 4. The van der Waals surface area contributed by atoms with Gasteiger partial charge in [-0.3, -0.25) is 0 Å². The Kier molecular flexibility index (Phi) is 3.76. The predicted octanol–water partition coefficient (Wildman–Crippen LogP) is 2.64. The summed E-state index contributed by atoms with van der Waals surface area (Å²) in [6.07, 6.45) is 4.69. The van der Waals surface area contributed by atoms with Crippen molar-refractivity contribution < 1.29 is 7.27 Å². The zero-order valence-corrected chi connectivity index (χ0v) is 12.9. The van der Waals surface area contributed by atoms with Crippen LogP contribution in [0.5, 0.6) is 0 Å². The molecule has 0 amide bonds. The van der Waals surface area contributed by atoms with Gasteiger partial charge in [-0.15, -0.1) is 10.2 Å². The Balaban J connectivity index is 0.00000121. The van der Waals surface area contributed by atoms with Gasteiger partial charge in [0.1, 0.15) is 0 Å². The molecule has 1 aliphatic heterocycles. The molecule has 1 aromatic carbocycles. The van der Waals surface area contributed by atoms with Crippen molar-refractivity contribution >= 4 is 11.4 Å². The molecule has 3 heterocycles. The van der Waals surface area contributed by atoms with Gasteiger partial charge in [-0.2, -0.15) is 0 Å². The van der Waals surface area contributed by atoms with Crippen molar-refractivity contribution in [2.45, 2.75) is 6.42 Å². The number of nitrogen functional groups attached to an aromatic ring is 1. The highest BCUT2D eigenvalue weighted by Gasteiger charge is 2.17. The lowest BCUT2D eigenvalue weighted by Gasteiger charge is -2.13. The normalized spacial score (nSPS) is 14.4. The number of rotatable bonds is 3. The van der Waals surface area contributed by atoms with Crippen LogP contribution in [-0.4, -0.2) is 33.3 Å². The van der Waals surface area contributed by atoms with Crippen LogP contribution in [0.4, 0.5) is 5.82 Å². The smallest absolute Gasteiger partial charge is 0.270 e. The summed E-state index contributed by atoms with van der Waals surface area (Å²) in [5.74, 6) is 0.977. The molecular formula is C17H20N6O. The number of hydrogen-bond donors (Lipinski definition) is 2. The minimum absolute atomic E-state index is 0. The van der Waals surface area contributed by atoms with Gasteiger partial charge in [-0.1, -0.05) is 24.3 Å². The van der Waals surface area contributed by atoms with Gasteiger partial charge in [0.15, 0.2) is 11.5 Å². The molecule has 7 nitrogen and oxygen atoms in total. The van der Waals surface area contributed by atoms with Gasteiger partial charge in [-0.05, 0) is 30.7 Å². The maximum absolute atomic E-state index is 5.97. The van der Waals surface area contributed by atoms with E-state index in [9.17, 15) is 0 Å². The molecule has 7 heteroatoms. The highest BCUT2D eigenvalue weighted by molar-refractivity contribution is 5.69. The van der Waals surface area contributed by atoms with E-state index in [2.05, 4.69) is 31.6 Å². The van der Waals surface area contributed by atoms with Crippen LogP contribution < -0.4 is 11.1 Å². The average molecular weight is 324 g/mol. The van der Waals surface area contributed by atoms with E-state index in [1.54, 1.807) is 6.20 Å². The summed E-state index contributed by atoms with van der Waals surface area (Å²) in [6.45, 7) is 1.75. The zero-order valence-electron chi connectivity index (χ0n) is 12.9. The number of hydrogen-bond acceptors (Lipinski definition) is 7. The molecule has 0 fully saturated rings.